The monoisotopic (exact) mass is 417 g/mol. The Balaban J connectivity index is 1.51. The lowest BCUT2D eigenvalue weighted by atomic mass is 10.1. The van der Waals surface area contributed by atoms with Crippen LogP contribution in [0.15, 0.2) is 78.9 Å². The number of benzene rings is 4. The quantitative estimate of drug-likeness (QED) is 0.351. The van der Waals surface area contributed by atoms with Crippen LogP contribution >= 0.6 is 11.6 Å². The van der Waals surface area contributed by atoms with Crippen molar-refractivity contribution < 1.29 is 9.47 Å². The summed E-state index contributed by atoms with van der Waals surface area (Å²) in [6.07, 6.45) is 0. The lowest BCUT2D eigenvalue weighted by Gasteiger charge is -2.15. The van der Waals surface area contributed by atoms with Gasteiger partial charge in [0.1, 0.15) is 6.61 Å². The minimum atomic E-state index is 0.460. The van der Waals surface area contributed by atoms with E-state index in [-0.39, 0.29) is 0 Å². The maximum absolute atomic E-state index is 6.57. The second-order valence-corrected chi connectivity index (χ2v) is 7.66. The van der Waals surface area contributed by atoms with Crippen molar-refractivity contribution in [3.8, 4) is 11.5 Å². The summed E-state index contributed by atoms with van der Waals surface area (Å²) in [6.45, 7) is 3.11. The molecule has 0 heterocycles. The third kappa shape index (κ3) is 4.52. The van der Waals surface area contributed by atoms with E-state index in [1.54, 1.807) is 7.11 Å². The minimum Gasteiger partial charge on any atom is -0.493 e. The van der Waals surface area contributed by atoms with Crippen molar-refractivity contribution in [1.82, 2.24) is 0 Å². The van der Waals surface area contributed by atoms with E-state index in [0.29, 0.717) is 29.7 Å². The van der Waals surface area contributed by atoms with Gasteiger partial charge >= 0.3 is 0 Å². The summed E-state index contributed by atoms with van der Waals surface area (Å²) in [7, 11) is 1.64. The molecule has 4 aromatic rings. The van der Waals surface area contributed by atoms with Crippen molar-refractivity contribution in [3.63, 3.8) is 0 Å². The zero-order valence-electron chi connectivity index (χ0n) is 17.1. The molecule has 0 aliphatic carbocycles. The molecule has 1 N–H and O–H groups in total. The van der Waals surface area contributed by atoms with Crippen molar-refractivity contribution in [2.24, 2.45) is 0 Å². The molecule has 0 aliphatic heterocycles. The standard InChI is InChI=1S/C26H24ClNO2/c1-18-7-5-8-19(13-18)17-30-26-15-23(27)21(14-25(26)29-2)16-28-24-12-6-10-20-9-3-4-11-22(20)24/h3-15,28H,16-17H2,1-2H3. The maximum Gasteiger partial charge on any atom is 0.163 e. The van der Waals surface area contributed by atoms with Gasteiger partial charge in [-0.1, -0.05) is 77.8 Å². The number of nitrogens with one attached hydrogen (secondary N) is 1. The van der Waals surface area contributed by atoms with Gasteiger partial charge in [0.25, 0.3) is 0 Å². The molecule has 30 heavy (non-hydrogen) atoms. The molecule has 0 amide bonds. The Morgan fingerprint density at radius 2 is 1.67 bits per heavy atom. The summed E-state index contributed by atoms with van der Waals surface area (Å²) in [5.41, 5.74) is 4.33. The van der Waals surface area contributed by atoms with Gasteiger partial charge in [-0.15, -0.1) is 0 Å². The normalized spacial score (nSPS) is 10.8. The van der Waals surface area contributed by atoms with Crippen LogP contribution < -0.4 is 14.8 Å². The molecule has 0 aliphatic rings. The van der Waals surface area contributed by atoms with Crippen molar-refractivity contribution in [1.29, 1.82) is 0 Å². The van der Waals surface area contributed by atoms with Gasteiger partial charge in [-0.25, -0.2) is 0 Å². The Hall–Kier alpha value is -3.17. The van der Waals surface area contributed by atoms with Gasteiger partial charge in [0.2, 0.25) is 0 Å². The molecule has 0 atom stereocenters. The fourth-order valence-corrected chi connectivity index (χ4v) is 3.74. The molecular weight excluding hydrogens is 394 g/mol. The largest absolute Gasteiger partial charge is 0.493 e. The zero-order valence-corrected chi connectivity index (χ0v) is 17.9. The Kier molecular flexibility index (Phi) is 6.10. The lowest BCUT2D eigenvalue weighted by molar-refractivity contribution is 0.284. The van der Waals surface area contributed by atoms with Crippen molar-refractivity contribution in [3.05, 3.63) is 101 Å². The first-order chi connectivity index (χ1) is 14.6. The van der Waals surface area contributed by atoms with Crippen LogP contribution in [0.2, 0.25) is 5.02 Å². The van der Waals surface area contributed by atoms with Crippen LogP contribution in [0, 0.1) is 6.92 Å². The molecular formula is C26H24ClNO2. The Bertz CT molecular complexity index is 1170. The van der Waals surface area contributed by atoms with Crippen LogP contribution in [-0.4, -0.2) is 7.11 Å². The number of hydrogen-bond acceptors (Lipinski definition) is 3. The molecule has 3 nitrogen and oxygen atoms in total. The second-order valence-electron chi connectivity index (χ2n) is 7.25. The first kappa shape index (κ1) is 20.1. The molecule has 0 radical (unpaired) electrons. The number of rotatable bonds is 7. The summed E-state index contributed by atoms with van der Waals surface area (Å²) in [6, 6.07) is 26.6. The van der Waals surface area contributed by atoms with E-state index in [2.05, 4.69) is 54.7 Å². The van der Waals surface area contributed by atoms with Gasteiger partial charge < -0.3 is 14.8 Å². The van der Waals surface area contributed by atoms with E-state index in [1.165, 1.54) is 16.3 Å². The SMILES string of the molecule is COc1cc(CNc2cccc3ccccc23)c(Cl)cc1OCc1cccc(C)c1. The van der Waals surface area contributed by atoms with Crippen LogP contribution in [0.4, 0.5) is 5.69 Å². The van der Waals surface area contributed by atoms with Crippen molar-refractivity contribution in [2.75, 3.05) is 12.4 Å². The van der Waals surface area contributed by atoms with Gasteiger partial charge in [0.15, 0.2) is 11.5 Å². The highest BCUT2D eigenvalue weighted by molar-refractivity contribution is 6.31. The summed E-state index contributed by atoms with van der Waals surface area (Å²) < 4.78 is 11.6. The predicted molar refractivity (Wildman–Crippen MR) is 125 cm³/mol. The van der Waals surface area contributed by atoms with Gasteiger partial charge in [-0.2, -0.15) is 0 Å². The predicted octanol–water partition coefficient (Wildman–Crippen LogP) is 7.00. The zero-order chi connectivity index (χ0) is 20.9. The Morgan fingerprint density at radius 1 is 0.867 bits per heavy atom. The van der Waals surface area contributed by atoms with Gasteiger partial charge in [0, 0.05) is 28.7 Å². The van der Waals surface area contributed by atoms with E-state index >= 15 is 0 Å². The van der Waals surface area contributed by atoms with Crippen LogP contribution in [-0.2, 0) is 13.2 Å². The molecule has 4 heteroatoms. The molecule has 0 bridgehead atoms. The number of hydrogen-bond donors (Lipinski definition) is 1. The molecule has 4 rings (SSSR count). The van der Waals surface area contributed by atoms with E-state index in [0.717, 1.165) is 16.8 Å². The van der Waals surface area contributed by atoms with E-state index in [4.69, 9.17) is 21.1 Å². The van der Waals surface area contributed by atoms with Gasteiger partial charge in [-0.3, -0.25) is 0 Å². The molecule has 0 fully saturated rings. The average Bonchev–Trinajstić information content (AvgIpc) is 2.77. The average molecular weight is 418 g/mol. The smallest absolute Gasteiger partial charge is 0.163 e. The van der Waals surface area contributed by atoms with Crippen molar-refractivity contribution in [2.45, 2.75) is 20.1 Å². The van der Waals surface area contributed by atoms with E-state index in [1.807, 2.05) is 36.4 Å². The topological polar surface area (TPSA) is 30.5 Å². The maximum atomic E-state index is 6.57. The van der Waals surface area contributed by atoms with E-state index in [9.17, 15) is 0 Å². The number of ether oxygens (including phenoxy) is 2. The number of anilines is 1. The van der Waals surface area contributed by atoms with E-state index < -0.39 is 0 Å². The van der Waals surface area contributed by atoms with Crippen molar-refractivity contribution >= 4 is 28.1 Å². The number of methoxy groups -OCH3 is 1. The minimum absolute atomic E-state index is 0.460. The first-order valence-electron chi connectivity index (χ1n) is 9.90. The van der Waals surface area contributed by atoms with Crippen LogP contribution in [0.25, 0.3) is 10.8 Å². The highest BCUT2D eigenvalue weighted by Crippen LogP contribution is 2.34. The van der Waals surface area contributed by atoms with Crippen LogP contribution in [0.3, 0.4) is 0 Å². The summed E-state index contributed by atoms with van der Waals surface area (Å²) in [5.74, 6) is 1.31. The second kappa shape index (κ2) is 9.10. The highest BCUT2D eigenvalue weighted by atomic mass is 35.5. The van der Waals surface area contributed by atoms with Gasteiger partial charge in [0.05, 0.1) is 7.11 Å². The van der Waals surface area contributed by atoms with Crippen LogP contribution in [0.5, 0.6) is 11.5 Å². The fraction of sp³-hybridized carbons (Fsp3) is 0.154. The molecule has 0 spiro atoms. The third-order valence-corrected chi connectivity index (χ3v) is 5.42. The summed E-state index contributed by atoms with van der Waals surface area (Å²) in [4.78, 5) is 0. The molecule has 0 aromatic heterocycles. The summed E-state index contributed by atoms with van der Waals surface area (Å²) >= 11 is 6.57. The highest BCUT2D eigenvalue weighted by Gasteiger charge is 2.12. The molecule has 4 aromatic carbocycles. The molecule has 0 unspecified atom stereocenters. The number of fused-ring (bicyclic) bond motifs is 1. The number of aryl methyl sites for hydroxylation is 1. The fourth-order valence-electron chi connectivity index (χ4n) is 3.52. The lowest BCUT2D eigenvalue weighted by Crippen LogP contribution is -2.03. The number of halogens is 1. The first-order valence-corrected chi connectivity index (χ1v) is 10.3. The summed E-state index contributed by atoms with van der Waals surface area (Å²) in [5, 5.41) is 6.52. The molecule has 0 saturated heterocycles. The van der Waals surface area contributed by atoms with Gasteiger partial charge in [-0.05, 0) is 35.6 Å². The van der Waals surface area contributed by atoms with Crippen LogP contribution in [0.1, 0.15) is 16.7 Å². The Morgan fingerprint density at radius 3 is 2.50 bits per heavy atom. The third-order valence-electron chi connectivity index (χ3n) is 5.07. The Labute approximate surface area is 182 Å². The molecule has 152 valence electrons. The molecule has 0 saturated carbocycles.